The number of carboxylic acid groups (broad SMARTS) is 1. The van der Waals surface area contributed by atoms with E-state index in [2.05, 4.69) is 52.6 Å². The van der Waals surface area contributed by atoms with Crippen LogP contribution in [0.2, 0.25) is 0 Å². The fourth-order valence-electron chi connectivity index (χ4n) is 3.82. The molecule has 0 saturated carbocycles. The number of aromatic carboxylic acids is 1. The van der Waals surface area contributed by atoms with Crippen molar-refractivity contribution in [3.05, 3.63) is 77.8 Å². The first-order chi connectivity index (χ1) is 17.0. The van der Waals surface area contributed by atoms with E-state index in [1.807, 2.05) is 13.0 Å². The lowest BCUT2D eigenvalue weighted by Crippen LogP contribution is -2.06. The molecule has 8 heteroatoms. The van der Waals surface area contributed by atoms with Crippen molar-refractivity contribution >= 4 is 43.8 Å². The van der Waals surface area contributed by atoms with Crippen LogP contribution in [-0.4, -0.2) is 36.9 Å². The molecule has 0 unspecified atom stereocenters. The maximum Gasteiger partial charge on any atom is 0.338 e. The van der Waals surface area contributed by atoms with E-state index in [0.717, 1.165) is 39.9 Å². The molecule has 2 aromatic carbocycles. The maximum absolute atomic E-state index is 11.8. The number of carboxylic acids is 1. The minimum absolute atomic E-state index is 0.284. The lowest BCUT2D eigenvalue weighted by molar-refractivity contribution is 0.0525. The van der Waals surface area contributed by atoms with Crippen molar-refractivity contribution in [2.45, 2.75) is 47.5 Å². The zero-order valence-electron chi connectivity index (χ0n) is 21.1. The quantitative estimate of drug-likeness (QED) is 0.286. The van der Waals surface area contributed by atoms with Crippen molar-refractivity contribution in [1.82, 2.24) is 0 Å². The van der Waals surface area contributed by atoms with Crippen molar-refractivity contribution in [2.24, 2.45) is 0 Å². The highest BCUT2D eigenvalue weighted by atomic mass is 79.9. The van der Waals surface area contributed by atoms with Gasteiger partial charge in [-0.2, -0.15) is 0 Å². The Morgan fingerprint density at radius 3 is 1.69 bits per heavy atom. The van der Waals surface area contributed by atoms with E-state index in [1.54, 1.807) is 25.1 Å². The topological polar surface area (TPSA) is 82.1 Å². The molecule has 0 amide bonds. The predicted octanol–water partition coefficient (Wildman–Crippen LogP) is 7.32. The van der Waals surface area contributed by atoms with Crippen LogP contribution in [0.25, 0.3) is 0 Å². The number of rotatable bonds is 3. The monoisotopic (exact) mass is 620 g/mol. The van der Waals surface area contributed by atoms with Gasteiger partial charge in [0.1, 0.15) is 24.7 Å². The third kappa shape index (κ3) is 6.59. The Labute approximate surface area is 228 Å². The Kier molecular flexibility index (Phi) is 9.41. The van der Waals surface area contributed by atoms with Gasteiger partial charge in [0.15, 0.2) is 0 Å². The highest BCUT2D eigenvalue weighted by Gasteiger charge is 2.20. The maximum atomic E-state index is 11.8. The fourth-order valence-corrected chi connectivity index (χ4v) is 5.05. The summed E-state index contributed by atoms with van der Waals surface area (Å²) in [5.41, 5.74) is 7.74. The van der Waals surface area contributed by atoms with E-state index in [1.165, 1.54) is 22.3 Å². The molecule has 0 saturated heterocycles. The van der Waals surface area contributed by atoms with E-state index in [9.17, 15) is 9.59 Å². The molecule has 1 N–H and O–H groups in total. The van der Waals surface area contributed by atoms with Gasteiger partial charge in [-0.3, -0.25) is 0 Å². The largest absolute Gasteiger partial charge is 0.488 e. The Hall–Kier alpha value is -2.58. The molecule has 36 heavy (non-hydrogen) atoms. The van der Waals surface area contributed by atoms with Gasteiger partial charge in [-0.15, -0.1) is 0 Å². The third-order valence-corrected chi connectivity index (χ3v) is 7.41. The number of hydrogen-bond acceptors (Lipinski definition) is 5. The highest BCUT2D eigenvalue weighted by molar-refractivity contribution is 9.11. The lowest BCUT2D eigenvalue weighted by atomic mass is 10.0. The summed E-state index contributed by atoms with van der Waals surface area (Å²) in [6.07, 6.45) is 1.54. The van der Waals surface area contributed by atoms with Gasteiger partial charge in [-0.1, -0.05) is 11.1 Å². The smallest absolute Gasteiger partial charge is 0.338 e. The molecule has 0 spiro atoms. The van der Waals surface area contributed by atoms with Gasteiger partial charge in [0.25, 0.3) is 0 Å². The van der Waals surface area contributed by atoms with Crippen LogP contribution in [0.15, 0.2) is 55.5 Å². The molecule has 0 atom stereocenters. The van der Waals surface area contributed by atoms with Gasteiger partial charge in [-0.05, 0) is 115 Å². The normalized spacial score (nSPS) is 14.8. The first kappa shape index (κ1) is 28.0. The van der Waals surface area contributed by atoms with E-state index in [4.69, 9.17) is 19.3 Å². The average Bonchev–Trinajstić information content (AvgIpc) is 3.06. The Morgan fingerprint density at radius 1 is 0.806 bits per heavy atom. The molecule has 192 valence electrons. The second kappa shape index (κ2) is 12.1. The van der Waals surface area contributed by atoms with Crippen LogP contribution >= 0.6 is 31.9 Å². The van der Waals surface area contributed by atoms with Crippen LogP contribution in [0.1, 0.15) is 66.5 Å². The van der Waals surface area contributed by atoms with E-state index >= 15 is 0 Å². The van der Waals surface area contributed by atoms with Gasteiger partial charge < -0.3 is 19.3 Å². The first-order valence-electron chi connectivity index (χ1n) is 11.6. The summed E-state index contributed by atoms with van der Waals surface area (Å²) in [6, 6.07) is 6.88. The van der Waals surface area contributed by atoms with E-state index in [0.29, 0.717) is 29.9 Å². The minimum atomic E-state index is -0.920. The summed E-state index contributed by atoms with van der Waals surface area (Å²) in [5, 5.41) is 9.03. The number of carbonyl (C=O) groups is 2. The van der Waals surface area contributed by atoms with Gasteiger partial charge in [0.05, 0.1) is 26.7 Å². The van der Waals surface area contributed by atoms with Crippen LogP contribution < -0.4 is 9.47 Å². The molecule has 0 aliphatic carbocycles. The van der Waals surface area contributed by atoms with Crippen molar-refractivity contribution in [1.29, 1.82) is 0 Å². The number of benzene rings is 2. The van der Waals surface area contributed by atoms with Crippen molar-refractivity contribution in [3.8, 4) is 11.5 Å². The highest BCUT2D eigenvalue weighted by Crippen LogP contribution is 2.36. The molecule has 0 fully saturated rings. The third-order valence-electron chi connectivity index (χ3n) is 6.23. The Bertz CT molecular complexity index is 1260. The summed E-state index contributed by atoms with van der Waals surface area (Å²) in [5.74, 6) is 0.361. The molecular formula is C28H30Br2O6. The molecular weight excluding hydrogens is 592 g/mol. The zero-order valence-corrected chi connectivity index (χ0v) is 24.3. The molecule has 2 aliphatic heterocycles. The van der Waals surface area contributed by atoms with Crippen molar-refractivity contribution in [3.63, 3.8) is 0 Å². The van der Waals surface area contributed by atoms with Gasteiger partial charge >= 0.3 is 11.9 Å². The number of carbonyl (C=O) groups excluding carboxylic acids is 1. The summed E-state index contributed by atoms with van der Waals surface area (Å²) in [6.45, 7) is 11.6. The summed E-state index contributed by atoms with van der Waals surface area (Å²) < 4.78 is 18.0. The van der Waals surface area contributed by atoms with Crippen LogP contribution in [0.5, 0.6) is 11.5 Å². The van der Waals surface area contributed by atoms with Crippen LogP contribution in [0, 0.1) is 0 Å². The number of allylic oxidation sites excluding steroid dienone is 2. The minimum Gasteiger partial charge on any atom is -0.488 e. The summed E-state index contributed by atoms with van der Waals surface area (Å²) in [7, 11) is 0. The number of hydrogen-bond donors (Lipinski definition) is 1. The summed E-state index contributed by atoms with van der Waals surface area (Å²) in [4.78, 5) is 22.8. The molecule has 0 aromatic heterocycles. The number of esters is 1. The van der Waals surface area contributed by atoms with E-state index < -0.39 is 5.97 Å². The van der Waals surface area contributed by atoms with Crippen molar-refractivity contribution < 1.29 is 28.9 Å². The standard InChI is InChI=1S/C15H17BrO3.C13H13BrO3/c1-4-18-15(17)12-6-11-5-9(2)10(3)8-19-14(11)13(16)7-12;1-7-3-9-4-10(13(15)16)5-11(14)12(9)17-6-8(7)2/h6-7H,4-5,8H2,1-3H3;4-5H,3,6H2,1-2H3,(H,15,16). The predicted molar refractivity (Wildman–Crippen MR) is 146 cm³/mol. The number of fused-ring (bicyclic) bond motifs is 2. The van der Waals surface area contributed by atoms with Crippen LogP contribution in [0.3, 0.4) is 0 Å². The zero-order chi connectivity index (χ0) is 26.6. The number of ether oxygens (including phenoxy) is 3. The first-order valence-corrected chi connectivity index (χ1v) is 13.2. The SMILES string of the molecule is CC1=C(C)Cc2cc(C(=O)O)cc(Br)c2OC1.CCOC(=O)c1cc(Br)c2c(c1)CC(C)=C(C)CO2. The van der Waals surface area contributed by atoms with Gasteiger partial charge in [0, 0.05) is 11.1 Å². The molecule has 2 heterocycles. The molecule has 6 nitrogen and oxygen atoms in total. The van der Waals surface area contributed by atoms with Crippen LogP contribution in [0.4, 0.5) is 0 Å². The lowest BCUT2D eigenvalue weighted by Gasteiger charge is -2.12. The molecule has 0 bridgehead atoms. The number of halogens is 2. The second-order valence-corrected chi connectivity index (χ2v) is 10.7. The summed E-state index contributed by atoms with van der Waals surface area (Å²) >= 11 is 6.84. The second-order valence-electron chi connectivity index (χ2n) is 8.97. The van der Waals surface area contributed by atoms with E-state index in [-0.39, 0.29) is 11.5 Å². The Morgan fingerprint density at radius 2 is 1.25 bits per heavy atom. The van der Waals surface area contributed by atoms with Crippen molar-refractivity contribution in [2.75, 3.05) is 19.8 Å². The molecule has 4 rings (SSSR count). The average molecular weight is 622 g/mol. The molecule has 2 aromatic rings. The van der Waals surface area contributed by atoms with Crippen LogP contribution in [-0.2, 0) is 17.6 Å². The molecule has 0 radical (unpaired) electrons. The fraction of sp³-hybridized carbons (Fsp3) is 0.357. The molecule has 2 aliphatic rings. The van der Waals surface area contributed by atoms with Gasteiger partial charge in [-0.25, -0.2) is 9.59 Å². The van der Waals surface area contributed by atoms with Gasteiger partial charge in [0.2, 0.25) is 0 Å². The Balaban J connectivity index is 0.000000202.